The second kappa shape index (κ2) is 11.4. The van der Waals surface area contributed by atoms with E-state index in [1.54, 1.807) is 0 Å². The van der Waals surface area contributed by atoms with Gasteiger partial charge in [-0.25, -0.2) is 0 Å². The minimum absolute atomic E-state index is 0.812. The number of benzene rings is 1. The fourth-order valence-corrected chi connectivity index (χ4v) is 3.83. The molecule has 1 fully saturated rings. The molecule has 1 aliphatic rings. The predicted molar refractivity (Wildman–Crippen MR) is 105 cm³/mol. The summed E-state index contributed by atoms with van der Waals surface area (Å²) in [5, 5.41) is 2.38. The van der Waals surface area contributed by atoms with Crippen molar-refractivity contribution in [1.82, 2.24) is 0 Å². The molecule has 24 heavy (non-hydrogen) atoms. The third kappa shape index (κ3) is 7.15. The summed E-state index contributed by atoms with van der Waals surface area (Å²) >= 11 is 4.60. The van der Waals surface area contributed by atoms with Gasteiger partial charge in [0.15, 0.2) is 0 Å². The summed E-state index contributed by atoms with van der Waals surface area (Å²) in [6.07, 6.45) is 13.9. The number of isothiocyanates is 1. The van der Waals surface area contributed by atoms with E-state index < -0.39 is 0 Å². The standard InChI is InChI=1S/C21H31NOS/c1-2-3-4-6-18-8-10-19(11-9-18)7-5-16-23-21-14-12-20(13-15-21)22-17-24/h12-15,18-19H,2-11,16H2,1H3. The van der Waals surface area contributed by atoms with Crippen molar-refractivity contribution in [3.05, 3.63) is 24.3 Å². The lowest BCUT2D eigenvalue weighted by molar-refractivity contribution is 0.228. The maximum atomic E-state index is 5.83. The van der Waals surface area contributed by atoms with E-state index in [0.29, 0.717) is 0 Å². The number of hydrogen-bond acceptors (Lipinski definition) is 3. The molecule has 0 amide bonds. The molecule has 0 unspecified atom stereocenters. The SMILES string of the molecule is CCCCCC1CCC(CCCOc2ccc(N=C=S)cc2)CC1. The molecule has 1 aliphatic carbocycles. The zero-order chi connectivity index (χ0) is 17.0. The summed E-state index contributed by atoms with van der Waals surface area (Å²) < 4.78 is 5.83. The van der Waals surface area contributed by atoms with Crippen LogP contribution in [0.5, 0.6) is 5.75 Å². The highest BCUT2D eigenvalue weighted by atomic mass is 32.1. The molecule has 0 aromatic heterocycles. The van der Waals surface area contributed by atoms with Crippen molar-refractivity contribution in [3.63, 3.8) is 0 Å². The Bertz CT molecular complexity index is 499. The molecule has 0 aliphatic heterocycles. The Labute approximate surface area is 152 Å². The molecule has 2 rings (SSSR count). The molecule has 0 spiro atoms. The second-order valence-electron chi connectivity index (χ2n) is 7.07. The van der Waals surface area contributed by atoms with Crippen LogP contribution in [0.25, 0.3) is 0 Å². The molecule has 0 N–H and O–H groups in total. The van der Waals surface area contributed by atoms with Gasteiger partial charge in [-0.05, 0) is 61.2 Å². The van der Waals surface area contributed by atoms with Gasteiger partial charge in [0.25, 0.3) is 0 Å². The molecule has 0 radical (unpaired) electrons. The maximum Gasteiger partial charge on any atom is 0.119 e. The fraction of sp³-hybridized carbons (Fsp3) is 0.667. The quantitative estimate of drug-likeness (QED) is 0.259. The Morgan fingerprint density at radius 3 is 2.21 bits per heavy atom. The van der Waals surface area contributed by atoms with Crippen LogP contribution in [0.15, 0.2) is 29.3 Å². The number of rotatable bonds is 10. The van der Waals surface area contributed by atoms with Crippen LogP contribution >= 0.6 is 12.2 Å². The molecule has 3 heteroatoms. The van der Waals surface area contributed by atoms with E-state index in [-0.39, 0.29) is 0 Å². The first-order valence-electron chi connectivity index (χ1n) is 9.62. The van der Waals surface area contributed by atoms with Crippen molar-refractivity contribution in [2.45, 2.75) is 71.1 Å². The van der Waals surface area contributed by atoms with E-state index in [4.69, 9.17) is 4.74 Å². The smallest absolute Gasteiger partial charge is 0.119 e. The Morgan fingerprint density at radius 2 is 1.62 bits per heavy atom. The average molecular weight is 346 g/mol. The van der Waals surface area contributed by atoms with Gasteiger partial charge >= 0.3 is 0 Å². The number of unbranched alkanes of at least 4 members (excludes halogenated alkanes) is 2. The lowest BCUT2D eigenvalue weighted by Gasteiger charge is -2.28. The highest BCUT2D eigenvalue weighted by molar-refractivity contribution is 7.78. The molecule has 2 nitrogen and oxygen atoms in total. The number of aliphatic imine (C=N–C) groups is 1. The molecule has 1 aromatic rings. The van der Waals surface area contributed by atoms with Gasteiger partial charge in [0.05, 0.1) is 17.5 Å². The first-order chi connectivity index (χ1) is 11.8. The number of thiocarbonyl (C=S) groups is 1. The molecular weight excluding hydrogens is 314 g/mol. The summed E-state index contributed by atoms with van der Waals surface area (Å²) in [7, 11) is 0. The largest absolute Gasteiger partial charge is 0.494 e. The Hall–Kier alpha value is -1.18. The van der Waals surface area contributed by atoms with Crippen LogP contribution < -0.4 is 4.74 Å². The summed E-state index contributed by atoms with van der Waals surface area (Å²) in [5.41, 5.74) is 0.827. The zero-order valence-corrected chi connectivity index (χ0v) is 15.8. The monoisotopic (exact) mass is 345 g/mol. The van der Waals surface area contributed by atoms with Gasteiger partial charge in [0.2, 0.25) is 0 Å². The van der Waals surface area contributed by atoms with Gasteiger partial charge in [0.1, 0.15) is 5.75 Å². The first-order valence-corrected chi connectivity index (χ1v) is 10.0. The van der Waals surface area contributed by atoms with Crippen LogP contribution in [-0.2, 0) is 0 Å². The highest BCUT2D eigenvalue weighted by Gasteiger charge is 2.20. The third-order valence-electron chi connectivity index (χ3n) is 5.22. The topological polar surface area (TPSA) is 21.6 Å². The minimum Gasteiger partial charge on any atom is -0.494 e. The summed E-state index contributed by atoms with van der Waals surface area (Å²) in [6, 6.07) is 7.73. The number of ether oxygens (including phenoxy) is 1. The predicted octanol–water partition coefficient (Wildman–Crippen LogP) is 6.97. The summed E-state index contributed by atoms with van der Waals surface area (Å²) in [5.74, 6) is 2.85. The molecule has 0 saturated heterocycles. The van der Waals surface area contributed by atoms with E-state index in [1.807, 2.05) is 24.3 Å². The fourth-order valence-electron chi connectivity index (χ4n) is 3.72. The van der Waals surface area contributed by atoms with Crippen LogP contribution in [0.4, 0.5) is 5.69 Å². The maximum absolute atomic E-state index is 5.83. The lowest BCUT2D eigenvalue weighted by atomic mass is 9.78. The van der Waals surface area contributed by atoms with E-state index in [1.165, 1.54) is 57.8 Å². The molecular formula is C21H31NOS. The molecule has 0 heterocycles. The molecule has 132 valence electrons. The Balaban J connectivity index is 1.56. The van der Waals surface area contributed by atoms with E-state index >= 15 is 0 Å². The molecule has 0 atom stereocenters. The average Bonchev–Trinajstić information content (AvgIpc) is 2.62. The van der Waals surface area contributed by atoms with Gasteiger partial charge in [-0.3, -0.25) is 0 Å². The second-order valence-corrected chi connectivity index (χ2v) is 7.25. The molecule has 1 saturated carbocycles. The number of nitrogens with zero attached hydrogens (tertiary/aromatic N) is 1. The molecule has 0 bridgehead atoms. The van der Waals surface area contributed by atoms with Crippen LogP contribution in [0.1, 0.15) is 71.1 Å². The lowest BCUT2D eigenvalue weighted by Crippen LogP contribution is -2.15. The van der Waals surface area contributed by atoms with Gasteiger partial charge < -0.3 is 4.74 Å². The van der Waals surface area contributed by atoms with Crippen molar-refractivity contribution in [2.24, 2.45) is 16.8 Å². The number of hydrogen-bond donors (Lipinski definition) is 0. The Morgan fingerprint density at radius 1 is 1.00 bits per heavy atom. The summed E-state index contributed by atoms with van der Waals surface area (Å²) in [4.78, 5) is 3.94. The van der Waals surface area contributed by atoms with Gasteiger partial charge in [-0.1, -0.05) is 58.3 Å². The minimum atomic E-state index is 0.812. The van der Waals surface area contributed by atoms with Crippen molar-refractivity contribution in [2.75, 3.05) is 6.61 Å². The van der Waals surface area contributed by atoms with Crippen molar-refractivity contribution in [3.8, 4) is 5.75 Å². The van der Waals surface area contributed by atoms with E-state index in [0.717, 1.165) is 36.3 Å². The summed E-state index contributed by atoms with van der Waals surface area (Å²) in [6.45, 7) is 3.10. The van der Waals surface area contributed by atoms with E-state index in [9.17, 15) is 0 Å². The molecule has 1 aromatic carbocycles. The van der Waals surface area contributed by atoms with Crippen molar-refractivity contribution >= 4 is 23.1 Å². The van der Waals surface area contributed by atoms with Crippen LogP contribution in [0, 0.1) is 11.8 Å². The van der Waals surface area contributed by atoms with Gasteiger partial charge in [-0.2, -0.15) is 4.99 Å². The third-order valence-corrected chi connectivity index (χ3v) is 5.31. The van der Waals surface area contributed by atoms with Crippen molar-refractivity contribution < 1.29 is 4.74 Å². The van der Waals surface area contributed by atoms with Crippen LogP contribution in [0.2, 0.25) is 0 Å². The zero-order valence-electron chi connectivity index (χ0n) is 15.0. The van der Waals surface area contributed by atoms with Gasteiger partial charge in [-0.15, -0.1) is 0 Å². The Kier molecular flexibility index (Phi) is 9.09. The van der Waals surface area contributed by atoms with Crippen LogP contribution in [0.3, 0.4) is 0 Å². The van der Waals surface area contributed by atoms with E-state index in [2.05, 4.69) is 29.3 Å². The van der Waals surface area contributed by atoms with Crippen LogP contribution in [-0.4, -0.2) is 11.8 Å². The first kappa shape index (κ1) is 19.1. The normalized spacial score (nSPS) is 20.4. The van der Waals surface area contributed by atoms with Crippen molar-refractivity contribution in [1.29, 1.82) is 0 Å². The highest BCUT2D eigenvalue weighted by Crippen LogP contribution is 2.34. The van der Waals surface area contributed by atoms with Gasteiger partial charge in [0, 0.05) is 0 Å².